The summed E-state index contributed by atoms with van der Waals surface area (Å²) >= 11 is 0. The van der Waals surface area contributed by atoms with Crippen molar-refractivity contribution >= 4 is 0 Å². The van der Waals surface area contributed by atoms with Crippen molar-refractivity contribution in [2.75, 3.05) is 0 Å². The molecule has 61 valence electrons. The first-order chi connectivity index (χ1) is 5.18. The van der Waals surface area contributed by atoms with Gasteiger partial charge in [-0.2, -0.15) is 0 Å². The zero-order valence-corrected chi connectivity index (χ0v) is 7.56. The first-order valence-electron chi connectivity index (χ1n) is 4.74. The molecule has 0 aromatic carbocycles. The maximum atomic E-state index is 2.51. The van der Waals surface area contributed by atoms with E-state index in [-0.39, 0.29) is 0 Å². The molecule has 2 fully saturated rings. The Labute approximate surface area is 69.7 Å². The molecule has 1 radical (unpaired) electrons. The molecule has 1 unspecified atom stereocenters. The van der Waals surface area contributed by atoms with E-state index >= 15 is 0 Å². The average molecular weight is 149 g/mol. The van der Waals surface area contributed by atoms with Crippen molar-refractivity contribution in [3.8, 4) is 0 Å². The molecule has 0 aromatic heterocycles. The van der Waals surface area contributed by atoms with Crippen LogP contribution in [0.3, 0.4) is 0 Å². The zero-order chi connectivity index (χ0) is 7.90. The Morgan fingerprint density at radius 2 is 1.91 bits per heavy atom. The van der Waals surface area contributed by atoms with E-state index < -0.39 is 0 Å². The molecule has 2 aliphatic rings. The largest absolute Gasteiger partial charge is 0.0814 e. The van der Waals surface area contributed by atoms with Crippen molar-refractivity contribution in [2.45, 2.75) is 39.5 Å². The minimum atomic E-state index is 0.523. The first kappa shape index (κ1) is 7.39. The van der Waals surface area contributed by atoms with Crippen LogP contribution >= 0.6 is 0 Å². The van der Waals surface area contributed by atoms with Gasteiger partial charge in [0.25, 0.3) is 0 Å². The minimum Gasteiger partial charge on any atom is -0.0814 e. The van der Waals surface area contributed by atoms with Gasteiger partial charge in [0.15, 0.2) is 0 Å². The molecule has 0 heteroatoms. The molecule has 0 N–H and O–H groups in total. The predicted octanol–water partition coefficient (Wildman–Crippen LogP) is 3.35. The number of hydrogen-bond acceptors (Lipinski definition) is 0. The van der Waals surface area contributed by atoms with Gasteiger partial charge in [-0.25, -0.2) is 0 Å². The molecule has 11 heavy (non-hydrogen) atoms. The van der Waals surface area contributed by atoms with Crippen molar-refractivity contribution in [1.82, 2.24) is 0 Å². The summed E-state index contributed by atoms with van der Waals surface area (Å²) in [5.41, 5.74) is 2.24. The van der Waals surface area contributed by atoms with Crippen LogP contribution < -0.4 is 0 Å². The van der Waals surface area contributed by atoms with Crippen LogP contribution in [0.25, 0.3) is 0 Å². The maximum absolute atomic E-state index is 2.51. The van der Waals surface area contributed by atoms with Gasteiger partial charge in [0.05, 0.1) is 0 Å². The smallest absolute Gasteiger partial charge is 0.0140 e. The topological polar surface area (TPSA) is 0 Å². The molecule has 2 rings (SSSR count). The molecule has 2 saturated carbocycles. The van der Waals surface area contributed by atoms with Gasteiger partial charge in [0.1, 0.15) is 0 Å². The summed E-state index contributed by atoms with van der Waals surface area (Å²) in [6, 6.07) is 0. The maximum Gasteiger partial charge on any atom is -0.0140 e. The summed E-state index contributed by atoms with van der Waals surface area (Å²) in [6.45, 7) is 4.65. The third kappa shape index (κ3) is 1.50. The van der Waals surface area contributed by atoms with Crippen molar-refractivity contribution in [2.24, 2.45) is 11.3 Å². The van der Waals surface area contributed by atoms with Crippen molar-refractivity contribution in [3.05, 3.63) is 18.1 Å². The molecule has 2 aliphatic carbocycles. The fraction of sp³-hybridized carbons (Fsp3) is 0.727. The van der Waals surface area contributed by atoms with Crippen LogP contribution in [0, 0.1) is 17.8 Å². The Balaban J connectivity index is 1.94. The monoisotopic (exact) mass is 149 g/mol. The SMILES string of the molecule is CC1(C)[CH]C1C=C1CCCC1. The molecular formula is C11H17. The molecular weight excluding hydrogens is 132 g/mol. The third-order valence-electron chi connectivity index (χ3n) is 3.02. The molecule has 0 aromatic rings. The Morgan fingerprint density at radius 1 is 1.36 bits per heavy atom. The van der Waals surface area contributed by atoms with Crippen LogP contribution in [0.5, 0.6) is 0 Å². The molecule has 0 saturated heterocycles. The molecule has 0 heterocycles. The fourth-order valence-corrected chi connectivity index (χ4v) is 1.93. The molecule has 0 bridgehead atoms. The van der Waals surface area contributed by atoms with E-state index in [0.717, 1.165) is 5.92 Å². The van der Waals surface area contributed by atoms with Gasteiger partial charge in [-0.15, -0.1) is 0 Å². The highest BCUT2D eigenvalue weighted by Gasteiger charge is 2.44. The van der Waals surface area contributed by atoms with Crippen LogP contribution in [0.1, 0.15) is 39.5 Å². The second kappa shape index (κ2) is 2.36. The third-order valence-corrected chi connectivity index (χ3v) is 3.02. The quantitative estimate of drug-likeness (QED) is 0.501. The van der Waals surface area contributed by atoms with Gasteiger partial charge < -0.3 is 0 Å². The van der Waals surface area contributed by atoms with Gasteiger partial charge in [0, 0.05) is 0 Å². The Bertz CT molecular complexity index is 178. The van der Waals surface area contributed by atoms with Crippen LogP contribution in [0.2, 0.25) is 0 Å². The van der Waals surface area contributed by atoms with E-state index in [1.807, 2.05) is 0 Å². The first-order valence-corrected chi connectivity index (χ1v) is 4.74. The average Bonchev–Trinajstić information content (AvgIpc) is 2.42. The highest BCUT2D eigenvalue weighted by molar-refractivity contribution is 5.25. The van der Waals surface area contributed by atoms with Crippen LogP contribution in [-0.4, -0.2) is 0 Å². The van der Waals surface area contributed by atoms with E-state index in [2.05, 4.69) is 26.3 Å². The van der Waals surface area contributed by atoms with Crippen molar-refractivity contribution in [3.63, 3.8) is 0 Å². The molecule has 1 atom stereocenters. The second-order valence-corrected chi connectivity index (χ2v) is 4.55. The lowest BCUT2D eigenvalue weighted by molar-refractivity contribution is 0.622. The lowest BCUT2D eigenvalue weighted by atomic mass is 10.1. The van der Waals surface area contributed by atoms with Crippen LogP contribution in [-0.2, 0) is 0 Å². The standard InChI is InChI=1S/C11H17/c1-11(2)8-10(11)7-9-5-3-4-6-9/h7-8,10H,3-6H2,1-2H3. The summed E-state index contributed by atoms with van der Waals surface area (Å²) in [4.78, 5) is 0. The van der Waals surface area contributed by atoms with E-state index in [0.29, 0.717) is 5.41 Å². The van der Waals surface area contributed by atoms with Crippen molar-refractivity contribution < 1.29 is 0 Å². The van der Waals surface area contributed by atoms with Gasteiger partial charge in [0.2, 0.25) is 0 Å². The van der Waals surface area contributed by atoms with Crippen LogP contribution in [0.4, 0.5) is 0 Å². The predicted molar refractivity (Wildman–Crippen MR) is 48.1 cm³/mol. The Kier molecular flexibility index (Phi) is 1.59. The van der Waals surface area contributed by atoms with Gasteiger partial charge in [-0.05, 0) is 43.4 Å². The van der Waals surface area contributed by atoms with Crippen LogP contribution in [0.15, 0.2) is 11.6 Å². The number of allylic oxidation sites excluding steroid dienone is 2. The number of rotatable bonds is 1. The molecule has 0 amide bonds. The Hall–Kier alpha value is -0.260. The zero-order valence-electron chi connectivity index (χ0n) is 7.56. The fourth-order valence-electron chi connectivity index (χ4n) is 1.93. The summed E-state index contributed by atoms with van der Waals surface area (Å²) < 4.78 is 0. The lowest BCUT2D eigenvalue weighted by Gasteiger charge is -1.98. The summed E-state index contributed by atoms with van der Waals surface area (Å²) in [5, 5.41) is 0. The van der Waals surface area contributed by atoms with E-state index in [9.17, 15) is 0 Å². The minimum absolute atomic E-state index is 0.523. The number of hydrogen-bond donors (Lipinski definition) is 0. The van der Waals surface area contributed by atoms with Gasteiger partial charge in [-0.1, -0.05) is 25.5 Å². The van der Waals surface area contributed by atoms with E-state index in [4.69, 9.17) is 0 Å². The summed E-state index contributed by atoms with van der Waals surface area (Å²) in [7, 11) is 0. The highest BCUT2D eigenvalue weighted by atomic mass is 14.5. The van der Waals surface area contributed by atoms with Gasteiger partial charge >= 0.3 is 0 Å². The lowest BCUT2D eigenvalue weighted by Crippen LogP contribution is -1.87. The second-order valence-electron chi connectivity index (χ2n) is 4.55. The molecule has 0 aliphatic heterocycles. The molecule has 0 nitrogen and oxygen atoms in total. The Morgan fingerprint density at radius 3 is 2.36 bits per heavy atom. The summed E-state index contributed by atoms with van der Waals surface area (Å²) in [5.74, 6) is 0.801. The van der Waals surface area contributed by atoms with Crippen molar-refractivity contribution in [1.29, 1.82) is 0 Å². The normalized spacial score (nSPS) is 34.0. The van der Waals surface area contributed by atoms with E-state index in [1.54, 1.807) is 5.57 Å². The van der Waals surface area contributed by atoms with Gasteiger partial charge in [-0.3, -0.25) is 0 Å². The highest BCUT2D eigenvalue weighted by Crippen LogP contribution is 2.52. The summed E-state index contributed by atoms with van der Waals surface area (Å²) in [6.07, 6.45) is 10.6. The van der Waals surface area contributed by atoms with E-state index in [1.165, 1.54) is 25.7 Å². The molecule has 0 spiro atoms.